The standard InChI is InChI=1S/C15H18N2O3/c1-20-14(19)17-8-7-15(10-17)12(9-16-13(15)18)11-5-3-2-4-6-11/h2-6,12H,7-10H2,1H3,(H,16,18). The largest absolute Gasteiger partial charge is 0.453 e. The van der Waals surface area contributed by atoms with Crippen LogP contribution in [0.1, 0.15) is 17.9 Å². The summed E-state index contributed by atoms with van der Waals surface area (Å²) in [5.41, 5.74) is 0.646. The third-order valence-corrected chi connectivity index (χ3v) is 4.52. The SMILES string of the molecule is COC(=O)N1CCC2(C1)C(=O)NCC2c1ccccc1. The summed E-state index contributed by atoms with van der Waals surface area (Å²) in [5, 5.41) is 2.96. The first-order valence-corrected chi connectivity index (χ1v) is 6.83. The first-order chi connectivity index (χ1) is 9.67. The molecule has 2 fully saturated rings. The molecular weight excluding hydrogens is 256 g/mol. The Hall–Kier alpha value is -2.04. The summed E-state index contributed by atoms with van der Waals surface area (Å²) >= 11 is 0. The first-order valence-electron chi connectivity index (χ1n) is 6.83. The van der Waals surface area contributed by atoms with E-state index < -0.39 is 5.41 Å². The van der Waals surface area contributed by atoms with E-state index in [0.29, 0.717) is 26.1 Å². The van der Waals surface area contributed by atoms with Gasteiger partial charge in [0.25, 0.3) is 0 Å². The number of carbonyl (C=O) groups is 2. The van der Waals surface area contributed by atoms with Gasteiger partial charge in [0, 0.05) is 25.6 Å². The van der Waals surface area contributed by atoms with Gasteiger partial charge >= 0.3 is 6.09 Å². The topological polar surface area (TPSA) is 58.6 Å². The highest BCUT2D eigenvalue weighted by Gasteiger charge is 2.55. The number of likely N-dealkylation sites (tertiary alicyclic amines) is 1. The van der Waals surface area contributed by atoms with Crippen molar-refractivity contribution in [1.29, 1.82) is 0 Å². The molecular formula is C15H18N2O3. The summed E-state index contributed by atoms with van der Waals surface area (Å²) in [6, 6.07) is 10.0. The van der Waals surface area contributed by atoms with Crippen molar-refractivity contribution in [3.63, 3.8) is 0 Å². The second-order valence-electron chi connectivity index (χ2n) is 5.47. The Morgan fingerprint density at radius 1 is 1.40 bits per heavy atom. The van der Waals surface area contributed by atoms with Crippen LogP contribution in [-0.4, -0.2) is 43.6 Å². The van der Waals surface area contributed by atoms with Crippen molar-refractivity contribution in [2.24, 2.45) is 5.41 Å². The number of benzene rings is 1. The van der Waals surface area contributed by atoms with E-state index >= 15 is 0 Å². The van der Waals surface area contributed by atoms with Gasteiger partial charge in [-0.15, -0.1) is 0 Å². The van der Waals surface area contributed by atoms with Crippen LogP contribution < -0.4 is 5.32 Å². The van der Waals surface area contributed by atoms with Crippen LogP contribution in [0.15, 0.2) is 30.3 Å². The van der Waals surface area contributed by atoms with E-state index in [9.17, 15) is 9.59 Å². The van der Waals surface area contributed by atoms with Crippen LogP contribution in [0.2, 0.25) is 0 Å². The highest BCUT2D eigenvalue weighted by atomic mass is 16.5. The number of nitrogens with zero attached hydrogens (tertiary/aromatic N) is 1. The van der Waals surface area contributed by atoms with Crippen LogP contribution in [0, 0.1) is 5.41 Å². The maximum Gasteiger partial charge on any atom is 0.409 e. The predicted octanol–water partition coefficient (Wildman–Crippen LogP) is 1.36. The van der Waals surface area contributed by atoms with Crippen molar-refractivity contribution in [3.8, 4) is 0 Å². The molecule has 2 heterocycles. The molecule has 5 heteroatoms. The van der Waals surface area contributed by atoms with Crippen molar-refractivity contribution >= 4 is 12.0 Å². The number of ether oxygens (including phenoxy) is 1. The molecule has 1 aromatic rings. The smallest absolute Gasteiger partial charge is 0.409 e. The molecule has 2 unspecified atom stereocenters. The molecule has 20 heavy (non-hydrogen) atoms. The van der Waals surface area contributed by atoms with Gasteiger partial charge in [-0.25, -0.2) is 4.79 Å². The van der Waals surface area contributed by atoms with Crippen LogP contribution in [-0.2, 0) is 9.53 Å². The minimum absolute atomic E-state index is 0.0535. The van der Waals surface area contributed by atoms with Crippen LogP contribution in [0.5, 0.6) is 0 Å². The molecule has 2 atom stereocenters. The summed E-state index contributed by atoms with van der Waals surface area (Å²) in [6.07, 6.45) is 0.335. The van der Waals surface area contributed by atoms with Gasteiger partial charge < -0.3 is 15.0 Å². The summed E-state index contributed by atoms with van der Waals surface area (Å²) in [6.45, 7) is 1.65. The van der Waals surface area contributed by atoms with Crippen molar-refractivity contribution in [2.45, 2.75) is 12.3 Å². The van der Waals surface area contributed by atoms with E-state index in [4.69, 9.17) is 4.74 Å². The lowest BCUT2D eigenvalue weighted by Gasteiger charge is -2.28. The Morgan fingerprint density at radius 3 is 2.85 bits per heavy atom. The Labute approximate surface area is 117 Å². The van der Waals surface area contributed by atoms with Gasteiger partial charge in [0.05, 0.1) is 12.5 Å². The normalized spacial score (nSPS) is 28.8. The minimum Gasteiger partial charge on any atom is -0.453 e. The molecule has 3 rings (SSSR count). The van der Waals surface area contributed by atoms with Gasteiger partial charge in [-0.2, -0.15) is 0 Å². The second kappa shape index (κ2) is 4.81. The highest BCUT2D eigenvalue weighted by Crippen LogP contribution is 2.46. The molecule has 106 valence electrons. The zero-order valence-electron chi connectivity index (χ0n) is 11.5. The molecule has 1 N–H and O–H groups in total. The second-order valence-corrected chi connectivity index (χ2v) is 5.47. The van der Waals surface area contributed by atoms with Gasteiger partial charge in [0.15, 0.2) is 0 Å². The van der Waals surface area contributed by atoms with Crippen molar-refractivity contribution in [1.82, 2.24) is 10.2 Å². The minimum atomic E-state index is -0.504. The monoisotopic (exact) mass is 274 g/mol. The Kier molecular flexibility index (Phi) is 3.12. The van der Waals surface area contributed by atoms with Crippen LogP contribution >= 0.6 is 0 Å². The fourth-order valence-corrected chi connectivity index (χ4v) is 3.43. The van der Waals surface area contributed by atoms with Gasteiger partial charge in [0.1, 0.15) is 0 Å². The fourth-order valence-electron chi connectivity index (χ4n) is 3.43. The first kappa shape index (κ1) is 13.0. The quantitative estimate of drug-likeness (QED) is 0.841. The lowest BCUT2D eigenvalue weighted by Crippen LogP contribution is -2.39. The number of methoxy groups -OCH3 is 1. The van der Waals surface area contributed by atoms with Crippen molar-refractivity contribution in [3.05, 3.63) is 35.9 Å². The summed E-state index contributed by atoms with van der Waals surface area (Å²) < 4.78 is 4.77. The summed E-state index contributed by atoms with van der Waals surface area (Å²) in [5.74, 6) is 0.170. The number of hydrogen-bond donors (Lipinski definition) is 1. The molecule has 2 saturated heterocycles. The van der Waals surface area contributed by atoms with E-state index in [1.165, 1.54) is 7.11 Å². The molecule has 0 saturated carbocycles. The van der Waals surface area contributed by atoms with Crippen LogP contribution in [0.4, 0.5) is 4.79 Å². The van der Waals surface area contributed by atoms with Crippen LogP contribution in [0.25, 0.3) is 0 Å². The van der Waals surface area contributed by atoms with Gasteiger partial charge in [-0.3, -0.25) is 4.79 Å². The molecule has 0 bridgehead atoms. The Balaban J connectivity index is 1.90. The van der Waals surface area contributed by atoms with Crippen molar-refractivity contribution < 1.29 is 14.3 Å². The molecule has 2 aliphatic heterocycles. The molecule has 5 nitrogen and oxygen atoms in total. The maximum atomic E-state index is 12.3. The number of hydrogen-bond acceptors (Lipinski definition) is 3. The fraction of sp³-hybridized carbons (Fsp3) is 0.467. The van der Waals surface area contributed by atoms with E-state index in [-0.39, 0.29) is 17.9 Å². The Morgan fingerprint density at radius 2 is 2.15 bits per heavy atom. The zero-order chi connectivity index (χ0) is 14.2. The van der Waals surface area contributed by atoms with Gasteiger partial charge in [0.2, 0.25) is 5.91 Å². The van der Waals surface area contributed by atoms with Crippen molar-refractivity contribution in [2.75, 3.05) is 26.7 Å². The molecule has 0 aliphatic carbocycles. The molecule has 1 spiro atoms. The molecule has 2 aliphatic rings. The lowest BCUT2D eigenvalue weighted by atomic mass is 9.73. The molecule has 0 radical (unpaired) electrons. The Bertz CT molecular complexity index is 531. The van der Waals surface area contributed by atoms with Gasteiger partial charge in [-0.1, -0.05) is 30.3 Å². The van der Waals surface area contributed by atoms with Gasteiger partial charge in [-0.05, 0) is 12.0 Å². The molecule has 2 amide bonds. The average Bonchev–Trinajstić information content (AvgIpc) is 3.06. The maximum absolute atomic E-state index is 12.3. The molecule has 0 aromatic heterocycles. The van der Waals surface area contributed by atoms with E-state index in [0.717, 1.165) is 5.56 Å². The van der Waals surface area contributed by atoms with E-state index in [2.05, 4.69) is 5.32 Å². The lowest BCUT2D eigenvalue weighted by molar-refractivity contribution is -0.127. The predicted molar refractivity (Wildman–Crippen MR) is 73.2 cm³/mol. The molecule has 1 aromatic carbocycles. The average molecular weight is 274 g/mol. The van der Waals surface area contributed by atoms with Crippen LogP contribution in [0.3, 0.4) is 0 Å². The highest BCUT2D eigenvalue weighted by molar-refractivity contribution is 5.88. The van der Waals surface area contributed by atoms with E-state index in [1.807, 2.05) is 30.3 Å². The van der Waals surface area contributed by atoms with E-state index in [1.54, 1.807) is 4.90 Å². The zero-order valence-corrected chi connectivity index (χ0v) is 11.5. The number of nitrogens with one attached hydrogen (secondary N) is 1. The summed E-state index contributed by atoms with van der Waals surface area (Å²) in [4.78, 5) is 25.7. The third kappa shape index (κ3) is 1.85. The number of carbonyl (C=O) groups excluding carboxylic acids is 2. The summed E-state index contributed by atoms with van der Waals surface area (Å²) in [7, 11) is 1.37. The third-order valence-electron chi connectivity index (χ3n) is 4.52. The number of amides is 2. The number of rotatable bonds is 1.